The molecule has 0 saturated carbocycles. The third kappa shape index (κ3) is 1.80. The van der Waals surface area contributed by atoms with Gasteiger partial charge in [-0.15, -0.1) is 5.10 Å². The molecule has 0 unspecified atom stereocenters. The fourth-order valence-corrected chi connectivity index (χ4v) is 1.70. The van der Waals surface area contributed by atoms with Crippen LogP contribution in [-0.4, -0.2) is 28.1 Å². The maximum Gasteiger partial charge on any atom is 0.159 e. The van der Waals surface area contributed by atoms with E-state index in [1.165, 1.54) is 6.07 Å². The summed E-state index contributed by atoms with van der Waals surface area (Å²) in [7, 11) is 0. The number of aromatic nitrogens is 3. The van der Waals surface area contributed by atoms with Crippen molar-refractivity contribution >= 4 is 0 Å². The van der Waals surface area contributed by atoms with Gasteiger partial charge in [-0.05, 0) is 18.2 Å². The van der Waals surface area contributed by atoms with Gasteiger partial charge in [0.25, 0.3) is 0 Å². The molecule has 0 atom stereocenters. The van der Waals surface area contributed by atoms with Gasteiger partial charge in [0, 0.05) is 18.7 Å². The molecule has 4 nitrogen and oxygen atoms in total. The molecule has 2 heterocycles. The van der Waals surface area contributed by atoms with Crippen molar-refractivity contribution in [2.45, 2.75) is 6.04 Å². The fraction of sp³-hybridized carbons (Fsp3) is 0.273. The summed E-state index contributed by atoms with van der Waals surface area (Å²) < 4.78 is 27.6. The summed E-state index contributed by atoms with van der Waals surface area (Å²) in [5.41, 5.74) is 1.08. The van der Waals surface area contributed by atoms with Crippen molar-refractivity contribution in [2.75, 3.05) is 13.1 Å². The number of nitrogens with one attached hydrogen (secondary N) is 1. The van der Waals surface area contributed by atoms with Gasteiger partial charge in [0.2, 0.25) is 0 Å². The molecule has 1 aliphatic rings. The monoisotopic (exact) mass is 236 g/mol. The zero-order valence-corrected chi connectivity index (χ0v) is 8.90. The Balaban J connectivity index is 1.92. The van der Waals surface area contributed by atoms with Crippen LogP contribution in [0, 0.1) is 11.6 Å². The van der Waals surface area contributed by atoms with Crippen molar-refractivity contribution in [3.63, 3.8) is 0 Å². The van der Waals surface area contributed by atoms with Crippen molar-refractivity contribution in [3.05, 3.63) is 36.0 Å². The molecule has 88 valence electrons. The van der Waals surface area contributed by atoms with Crippen LogP contribution in [0.1, 0.15) is 6.04 Å². The molecule has 3 rings (SSSR count). The van der Waals surface area contributed by atoms with E-state index < -0.39 is 11.6 Å². The third-order valence-corrected chi connectivity index (χ3v) is 2.86. The molecule has 1 fully saturated rings. The first-order valence-electron chi connectivity index (χ1n) is 5.32. The zero-order chi connectivity index (χ0) is 11.8. The molecular weight excluding hydrogens is 226 g/mol. The Morgan fingerprint density at radius 2 is 2.06 bits per heavy atom. The van der Waals surface area contributed by atoms with Crippen LogP contribution in [0.2, 0.25) is 0 Å². The van der Waals surface area contributed by atoms with Gasteiger partial charge in [0.1, 0.15) is 5.69 Å². The lowest BCUT2D eigenvalue weighted by atomic mass is 10.1. The van der Waals surface area contributed by atoms with E-state index in [-0.39, 0.29) is 0 Å². The van der Waals surface area contributed by atoms with Crippen molar-refractivity contribution in [1.29, 1.82) is 0 Å². The number of rotatable bonds is 2. The van der Waals surface area contributed by atoms with E-state index in [2.05, 4.69) is 15.6 Å². The van der Waals surface area contributed by atoms with Crippen molar-refractivity contribution in [3.8, 4) is 11.3 Å². The lowest BCUT2D eigenvalue weighted by Crippen LogP contribution is -2.43. The molecule has 1 aromatic carbocycles. The molecule has 6 heteroatoms. The van der Waals surface area contributed by atoms with Gasteiger partial charge in [-0.3, -0.25) is 0 Å². The number of halogens is 2. The van der Waals surface area contributed by atoms with Crippen LogP contribution in [0.25, 0.3) is 11.3 Å². The molecule has 1 N–H and O–H groups in total. The Labute approximate surface area is 96.3 Å². The van der Waals surface area contributed by atoms with Crippen molar-refractivity contribution < 1.29 is 8.78 Å². The largest absolute Gasteiger partial charge is 0.312 e. The predicted octanol–water partition coefficient (Wildman–Crippen LogP) is 1.37. The van der Waals surface area contributed by atoms with Crippen LogP contribution < -0.4 is 5.32 Å². The van der Waals surface area contributed by atoms with E-state index in [1.54, 1.807) is 10.9 Å². The molecule has 1 aromatic heterocycles. The molecular formula is C11H10F2N4. The second-order valence-corrected chi connectivity index (χ2v) is 4.02. The lowest BCUT2D eigenvalue weighted by molar-refractivity contribution is 0.313. The van der Waals surface area contributed by atoms with Gasteiger partial charge in [-0.2, -0.15) is 0 Å². The first-order chi connectivity index (χ1) is 8.24. The van der Waals surface area contributed by atoms with E-state index in [4.69, 9.17) is 0 Å². The maximum atomic E-state index is 13.1. The molecule has 17 heavy (non-hydrogen) atoms. The van der Waals surface area contributed by atoms with E-state index in [1.807, 2.05) is 0 Å². The molecule has 2 aromatic rings. The SMILES string of the molecule is Fc1ccc(-c2cn(C3CNC3)nn2)cc1F. The van der Waals surface area contributed by atoms with Crippen LogP contribution in [0.4, 0.5) is 8.78 Å². The molecule has 0 spiro atoms. The Morgan fingerprint density at radius 3 is 2.71 bits per heavy atom. The first-order valence-corrected chi connectivity index (χ1v) is 5.32. The standard InChI is InChI=1S/C11H10F2N4/c12-9-2-1-7(3-10(9)13)11-6-17(16-15-11)8-4-14-5-8/h1-3,6,8,14H,4-5H2. The molecule has 0 radical (unpaired) electrons. The van der Waals surface area contributed by atoms with Crippen molar-refractivity contribution in [2.24, 2.45) is 0 Å². The molecule has 0 aliphatic carbocycles. The maximum absolute atomic E-state index is 13.1. The number of benzene rings is 1. The van der Waals surface area contributed by atoms with Gasteiger partial charge >= 0.3 is 0 Å². The summed E-state index contributed by atoms with van der Waals surface area (Å²) in [6.07, 6.45) is 1.75. The molecule has 0 amide bonds. The van der Waals surface area contributed by atoms with Gasteiger partial charge in [-0.25, -0.2) is 13.5 Å². The Bertz CT molecular complexity index is 548. The number of nitrogens with zero attached hydrogens (tertiary/aromatic N) is 3. The summed E-state index contributed by atoms with van der Waals surface area (Å²) in [6, 6.07) is 4.02. The smallest absolute Gasteiger partial charge is 0.159 e. The number of hydrogen-bond donors (Lipinski definition) is 1. The first kappa shape index (κ1) is 10.3. The van der Waals surface area contributed by atoms with E-state index in [0.29, 0.717) is 17.3 Å². The van der Waals surface area contributed by atoms with Crippen LogP contribution in [-0.2, 0) is 0 Å². The Kier molecular flexibility index (Phi) is 2.36. The molecule has 1 saturated heterocycles. The van der Waals surface area contributed by atoms with Gasteiger partial charge in [-0.1, -0.05) is 5.21 Å². The highest BCUT2D eigenvalue weighted by atomic mass is 19.2. The Hall–Kier alpha value is -1.82. The topological polar surface area (TPSA) is 42.7 Å². The quantitative estimate of drug-likeness (QED) is 0.856. The fourth-order valence-electron chi connectivity index (χ4n) is 1.70. The average molecular weight is 236 g/mol. The second kappa shape index (κ2) is 3.89. The van der Waals surface area contributed by atoms with Gasteiger partial charge < -0.3 is 5.32 Å². The third-order valence-electron chi connectivity index (χ3n) is 2.86. The summed E-state index contributed by atoms with van der Waals surface area (Å²) >= 11 is 0. The van der Waals surface area contributed by atoms with Crippen molar-refractivity contribution in [1.82, 2.24) is 20.3 Å². The summed E-state index contributed by atoms with van der Waals surface area (Å²) in [6.45, 7) is 1.72. The van der Waals surface area contributed by atoms with Crippen LogP contribution >= 0.6 is 0 Å². The van der Waals surface area contributed by atoms with E-state index in [9.17, 15) is 8.78 Å². The summed E-state index contributed by atoms with van der Waals surface area (Å²) in [5.74, 6) is -1.73. The summed E-state index contributed by atoms with van der Waals surface area (Å²) in [4.78, 5) is 0. The van der Waals surface area contributed by atoms with E-state index in [0.717, 1.165) is 25.2 Å². The molecule has 0 bridgehead atoms. The van der Waals surface area contributed by atoms with Gasteiger partial charge in [0.15, 0.2) is 11.6 Å². The van der Waals surface area contributed by atoms with E-state index >= 15 is 0 Å². The van der Waals surface area contributed by atoms with Crippen LogP contribution in [0.5, 0.6) is 0 Å². The highest BCUT2D eigenvalue weighted by molar-refractivity contribution is 5.57. The Morgan fingerprint density at radius 1 is 1.24 bits per heavy atom. The average Bonchev–Trinajstić information content (AvgIpc) is 2.69. The summed E-state index contributed by atoms with van der Waals surface area (Å²) in [5, 5.41) is 11.1. The zero-order valence-electron chi connectivity index (χ0n) is 8.90. The minimum Gasteiger partial charge on any atom is -0.312 e. The minimum atomic E-state index is -0.873. The lowest BCUT2D eigenvalue weighted by Gasteiger charge is -2.26. The predicted molar refractivity (Wildman–Crippen MR) is 57.3 cm³/mol. The highest BCUT2D eigenvalue weighted by Crippen LogP contribution is 2.20. The highest BCUT2D eigenvalue weighted by Gasteiger charge is 2.20. The normalized spacial score (nSPS) is 15.9. The van der Waals surface area contributed by atoms with Gasteiger partial charge in [0.05, 0.1) is 12.2 Å². The minimum absolute atomic E-state index is 0.307. The van der Waals surface area contributed by atoms with Crippen LogP contribution in [0.3, 0.4) is 0 Å². The second-order valence-electron chi connectivity index (χ2n) is 4.02. The molecule has 1 aliphatic heterocycles. The number of hydrogen-bond acceptors (Lipinski definition) is 3. The van der Waals surface area contributed by atoms with Crippen LogP contribution in [0.15, 0.2) is 24.4 Å².